The van der Waals surface area contributed by atoms with Crippen LogP contribution < -0.4 is 4.90 Å². The second-order valence-corrected chi connectivity index (χ2v) is 2.24. The Morgan fingerprint density at radius 1 is 1.56 bits per heavy atom. The van der Waals surface area contributed by atoms with Crippen molar-refractivity contribution in [2.24, 2.45) is 7.05 Å². The van der Waals surface area contributed by atoms with Crippen molar-refractivity contribution < 1.29 is 0 Å². The lowest BCUT2D eigenvalue weighted by Gasteiger charge is -2.05. The monoisotopic (exact) mass is 125 g/mol. The Bertz CT molecular complexity index is 190. The third-order valence-electron chi connectivity index (χ3n) is 1.16. The third-order valence-corrected chi connectivity index (χ3v) is 1.16. The first-order valence-electron chi connectivity index (χ1n) is 2.87. The van der Waals surface area contributed by atoms with Crippen molar-refractivity contribution in [3.05, 3.63) is 12.3 Å². The van der Waals surface area contributed by atoms with E-state index in [2.05, 4.69) is 5.10 Å². The highest BCUT2D eigenvalue weighted by Crippen LogP contribution is 2.03. The summed E-state index contributed by atoms with van der Waals surface area (Å²) in [5.41, 5.74) is 0. The van der Waals surface area contributed by atoms with Crippen molar-refractivity contribution in [2.45, 2.75) is 0 Å². The molecule has 1 aromatic heterocycles. The third kappa shape index (κ3) is 1.22. The molecule has 0 aliphatic rings. The number of hydrogen-bond donors (Lipinski definition) is 0. The summed E-state index contributed by atoms with van der Waals surface area (Å²) in [6.45, 7) is 0. The normalized spacial score (nSPS) is 9.67. The van der Waals surface area contributed by atoms with E-state index in [1.807, 2.05) is 38.3 Å². The molecule has 1 aromatic rings. The van der Waals surface area contributed by atoms with Gasteiger partial charge in [0, 0.05) is 33.4 Å². The molecule has 3 nitrogen and oxygen atoms in total. The van der Waals surface area contributed by atoms with Crippen molar-refractivity contribution in [3.8, 4) is 0 Å². The van der Waals surface area contributed by atoms with E-state index in [1.165, 1.54) is 0 Å². The molecule has 0 saturated heterocycles. The Balaban J connectivity index is 2.85. The van der Waals surface area contributed by atoms with E-state index < -0.39 is 0 Å². The smallest absolute Gasteiger partial charge is 0.150 e. The Labute approximate surface area is 54.9 Å². The van der Waals surface area contributed by atoms with Crippen LogP contribution in [-0.4, -0.2) is 23.9 Å². The molecule has 0 radical (unpaired) electrons. The molecule has 0 atom stereocenters. The van der Waals surface area contributed by atoms with E-state index >= 15 is 0 Å². The predicted molar refractivity (Wildman–Crippen MR) is 37.5 cm³/mol. The van der Waals surface area contributed by atoms with Crippen LogP contribution in [0.2, 0.25) is 0 Å². The number of aromatic nitrogens is 2. The highest BCUT2D eigenvalue weighted by atomic mass is 15.3. The van der Waals surface area contributed by atoms with Crippen LogP contribution in [-0.2, 0) is 7.05 Å². The second kappa shape index (κ2) is 2.09. The fraction of sp³-hybridized carbons (Fsp3) is 0.500. The molecule has 0 spiro atoms. The van der Waals surface area contributed by atoms with Crippen LogP contribution in [0, 0.1) is 0 Å². The number of anilines is 1. The van der Waals surface area contributed by atoms with Gasteiger partial charge in [0.1, 0.15) is 5.82 Å². The Morgan fingerprint density at radius 2 is 2.22 bits per heavy atom. The van der Waals surface area contributed by atoms with E-state index in [-0.39, 0.29) is 0 Å². The quantitative estimate of drug-likeness (QED) is 0.544. The van der Waals surface area contributed by atoms with Crippen molar-refractivity contribution >= 4 is 5.82 Å². The molecule has 0 aliphatic carbocycles. The van der Waals surface area contributed by atoms with E-state index in [0.29, 0.717) is 0 Å². The lowest BCUT2D eigenvalue weighted by Crippen LogP contribution is -2.09. The number of rotatable bonds is 1. The molecule has 0 fully saturated rings. The van der Waals surface area contributed by atoms with Gasteiger partial charge in [0.15, 0.2) is 0 Å². The molecule has 0 N–H and O–H groups in total. The van der Waals surface area contributed by atoms with Gasteiger partial charge in [-0.2, -0.15) is 5.10 Å². The van der Waals surface area contributed by atoms with Gasteiger partial charge in [-0.3, -0.25) is 4.68 Å². The van der Waals surface area contributed by atoms with E-state index in [0.717, 1.165) is 5.82 Å². The molecule has 0 aliphatic heterocycles. The summed E-state index contributed by atoms with van der Waals surface area (Å²) in [5.74, 6) is 0.998. The van der Waals surface area contributed by atoms with Gasteiger partial charge in [-0.1, -0.05) is 0 Å². The van der Waals surface area contributed by atoms with E-state index in [4.69, 9.17) is 0 Å². The Kier molecular flexibility index (Phi) is 1.42. The molecule has 0 unspecified atom stereocenters. The standard InChI is InChI=1S/C6H11N3/c1-8(2)6-4-5-9(3)7-6/h4-5H,1-3H3. The summed E-state index contributed by atoms with van der Waals surface area (Å²) in [6.07, 6.45) is 1.93. The first-order chi connectivity index (χ1) is 4.20. The fourth-order valence-corrected chi connectivity index (χ4v) is 0.641. The van der Waals surface area contributed by atoms with Gasteiger partial charge >= 0.3 is 0 Å². The summed E-state index contributed by atoms with van der Waals surface area (Å²) in [7, 11) is 5.86. The van der Waals surface area contributed by atoms with Crippen molar-refractivity contribution in [1.29, 1.82) is 0 Å². The van der Waals surface area contributed by atoms with Crippen molar-refractivity contribution in [3.63, 3.8) is 0 Å². The summed E-state index contributed by atoms with van der Waals surface area (Å²) >= 11 is 0. The second-order valence-electron chi connectivity index (χ2n) is 2.24. The van der Waals surface area contributed by atoms with Crippen LogP contribution in [0.15, 0.2) is 12.3 Å². The SMILES string of the molecule is CN(C)c1ccn(C)n1. The molecular formula is C6H11N3. The summed E-state index contributed by atoms with van der Waals surface area (Å²) in [6, 6.07) is 1.97. The zero-order chi connectivity index (χ0) is 6.85. The Hall–Kier alpha value is -0.990. The molecule has 1 rings (SSSR count). The lowest BCUT2D eigenvalue weighted by atomic mass is 10.6. The Morgan fingerprint density at radius 3 is 2.44 bits per heavy atom. The molecule has 50 valence electrons. The average molecular weight is 125 g/mol. The van der Waals surface area contributed by atoms with Gasteiger partial charge in [-0.15, -0.1) is 0 Å². The number of nitrogens with zero attached hydrogens (tertiary/aromatic N) is 3. The van der Waals surface area contributed by atoms with Crippen LogP contribution in [0.4, 0.5) is 5.82 Å². The highest BCUT2D eigenvalue weighted by Gasteiger charge is 1.94. The van der Waals surface area contributed by atoms with Gasteiger partial charge in [0.25, 0.3) is 0 Å². The molecule has 3 heteroatoms. The minimum absolute atomic E-state index is 0.998. The van der Waals surface area contributed by atoms with Gasteiger partial charge in [-0.05, 0) is 0 Å². The number of aryl methyl sites for hydroxylation is 1. The molecule has 0 aromatic carbocycles. The van der Waals surface area contributed by atoms with Crippen LogP contribution in [0.5, 0.6) is 0 Å². The van der Waals surface area contributed by atoms with Crippen molar-refractivity contribution in [1.82, 2.24) is 9.78 Å². The molecule has 0 saturated carbocycles. The van der Waals surface area contributed by atoms with Gasteiger partial charge < -0.3 is 4.90 Å². The first kappa shape index (κ1) is 6.13. The maximum atomic E-state index is 4.15. The summed E-state index contributed by atoms with van der Waals surface area (Å²) in [5, 5.41) is 4.15. The van der Waals surface area contributed by atoms with Crippen LogP contribution in [0.1, 0.15) is 0 Å². The molecule has 0 amide bonds. The summed E-state index contributed by atoms with van der Waals surface area (Å²) < 4.78 is 1.79. The minimum atomic E-state index is 0.998. The van der Waals surface area contributed by atoms with Crippen LogP contribution in [0.3, 0.4) is 0 Å². The zero-order valence-corrected chi connectivity index (χ0v) is 6.00. The molecule has 1 heterocycles. The number of hydrogen-bond acceptors (Lipinski definition) is 2. The molecular weight excluding hydrogens is 114 g/mol. The van der Waals surface area contributed by atoms with Gasteiger partial charge in [0.2, 0.25) is 0 Å². The highest BCUT2D eigenvalue weighted by molar-refractivity contribution is 5.33. The van der Waals surface area contributed by atoms with E-state index in [9.17, 15) is 0 Å². The van der Waals surface area contributed by atoms with Crippen LogP contribution >= 0.6 is 0 Å². The maximum Gasteiger partial charge on any atom is 0.150 e. The topological polar surface area (TPSA) is 21.1 Å². The average Bonchev–Trinajstić information content (AvgIpc) is 2.14. The first-order valence-corrected chi connectivity index (χ1v) is 2.87. The van der Waals surface area contributed by atoms with Gasteiger partial charge in [0.05, 0.1) is 0 Å². The fourth-order valence-electron chi connectivity index (χ4n) is 0.641. The molecule has 9 heavy (non-hydrogen) atoms. The predicted octanol–water partition coefficient (Wildman–Crippen LogP) is 0.486. The largest absolute Gasteiger partial charge is 0.361 e. The van der Waals surface area contributed by atoms with E-state index in [1.54, 1.807) is 4.68 Å². The zero-order valence-electron chi connectivity index (χ0n) is 6.00. The maximum absolute atomic E-state index is 4.15. The van der Waals surface area contributed by atoms with Crippen LogP contribution in [0.25, 0.3) is 0 Å². The van der Waals surface area contributed by atoms with Crippen molar-refractivity contribution in [2.75, 3.05) is 19.0 Å². The molecule has 0 bridgehead atoms. The van der Waals surface area contributed by atoms with Gasteiger partial charge in [-0.25, -0.2) is 0 Å². The lowest BCUT2D eigenvalue weighted by molar-refractivity contribution is 0.762. The minimum Gasteiger partial charge on any atom is -0.361 e. The summed E-state index contributed by atoms with van der Waals surface area (Å²) in [4.78, 5) is 1.97.